The number of fused-ring (bicyclic) bond motifs is 2. The number of carbonyl (C=O) groups excluding carboxylic acids is 3. The Morgan fingerprint density at radius 2 is 1.43 bits per heavy atom. The van der Waals surface area contributed by atoms with Crippen molar-refractivity contribution in [3.8, 4) is 5.75 Å². The van der Waals surface area contributed by atoms with E-state index in [0.717, 1.165) is 51.5 Å². The van der Waals surface area contributed by atoms with Gasteiger partial charge >= 0.3 is 41.8 Å². The van der Waals surface area contributed by atoms with Crippen LogP contribution in [-0.4, -0.2) is 138 Å². The van der Waals surface area contributed by atoms with Gasteiger partial charge in [-0.1, -0.05) is 74.9 Å². The van der Waals surface area contributed by atoms with Gasteiger partial charge < -0.3 is 54.0 Å². The summed E-state index contributed by atoms with van der Waals surface area (Å²) in [5.74, 6) is 0.195. The second-order valence-electron chi connectivity index (χ2n) is 25.8. The fourth-order valence-electron chi connectivity index (χ4n) is 11.5. The van der Waals surface area contributed by atoms with E-state index in [1.165, 1.54) is 5.56 Å². The Labute approximate surface area is 541 Å². The molecule has 0 radical (unpaired) electrons. The minimum absolute atomic E-state index is 0. The maximum Gasteiger partial charge on any atom is 1.00 e. The number of nitrogens with zero attached hydrogens (tertiary/aromatic N) is 2. The van der Waals surface area contributed by atoms with E-state index < -0.39 is 91.4 Å². The smallest absolute Gasteiger partial charge is 0.748 e. The Morgan fingerprint density at radius 1 is 0.784 bits per heavy atom. The Balaban J connectivity index is 0.0000124. The Morgan fingerprint density at radius 3 is 2.10 bits per heavy atom. The minimum Gasteiger partial charge on any atom is -0.748 e. The largest absolute Gasteiger partial charge is 1.00 e. The summed E-state index contributed by atoms with van der Waals surface area (Å²) >= 11 is 0. The van der Waals surface area contributed by atoms with Gasteiger partial charge in [0.1, 0.15) is 53.6 Å². The number of aliphatic hydroxyl groups excluding tert-OH is 2. The van der Waals surface area contributed by atoms with E-state index in [0.29, 0.717) is 76.0 Å². The molecule has 5 atom stereocenters. The second kappa shape index (κ2) is 30.1. The van der Waals surface area contributed by atoms with Crippen LogP contribution in [0.15, 0.2) is 120 Å². The molecule has 0 unspecified atom stereocenters. The molecule has 1 saturated heterocycles. The quantitative estimate of drug-likeness (QED) is 0.0201. The number of rotatable bonds is 24. The minimum atomic E-state index is -4.31. The SMILES string of the molecule is CC(C)(C)OC(=O)N[C@H]1[C@H](OC(=O)OC(C)(C)C)O[C@H](CNC(=O)CCc2ccc(OC3=C(C=CC4=[N+](CCCCCS(=O)(=O)[O-])c5ccccc5C4(C)C)CCCC3=CC=C3N(CCCCCS(=O)(=O)O)c4ccccc4C3(C)C)cc2)[C@@H](O)[C@@H]1O.[Na+]. The van der Waals surface area contributed by atoms with Crippen LogP contribution in [0.5, 0.6) is 5.75 Å². The number of anilines is 1. The van der Waals surface area contributed by atoms with Gasteiger partial charge in [-0.3, -0.25) is 9.35 Å². The third-order valence-electron chi connectivity index (χ3n) is 15.8. The van der Waals surface area contributed by atoms with E-state index in [1.54, 1.807) is 41.5 Å². The van der Waals surface area contributed by atoms with Gasteiger partial charge in [0, 0.05) is 66.2 Å². The van der Waals surface area contributed by atoms with Crippen molar-refractivity contribution in [1.82, 2.24) is 10.6 Å². The van der Waals surface area contributed by atoms with Crippen LogP contribution in [0.2, 0.25) is 0 Å². The molecule has 3 heterocycles. The topological polar surface area (TPSA) is 280 Å². The van der Waals surface area contributed by atoms with Crippen molar-refractivity contribution in [1.29, 1.82) is 0 Å². The van der Waals surface area contributed by atoms with Gasteiger partial charge in [-0.25, -0.2) is 18.0 Å². The number of nitrogens with one attached hydrogen (secondary N) is 2. The van der Waals surface area contributed by atoms with Crippen molar-refractivity contribution in [2.24, 2.45) is 0 Å². The summed E-state index contributed by atoms with van der Waals surface area (Å²) in [6.45, 7) is 19.6. The molecule has 3 aromatic rings. The van der Waals surface area contributed by atoms with Crippen LogP contribution in [0.3, 0.4) is 0 Å². The van der Waals surface area contributed by atoms with Crippen molar-refractivity contribution in [3.05, 3.63) is 136 Å². The molecule has 5 N–H and O–H groups in total. The van der Waals surface area contributed by atoms with E-state index in [-0.39, 0.29) is 60.1 Å². The molecule has 1 fully saturated rings. The molecule has 3 aromatic carbocycles. The van der Waals surface area contributed by atoms with Gasteiger partial charge in [0.25, 0.3) is 10.1 Å². The predicted octanol–water partition coefficient (Wildman–Crippen LogP) is 6.86. The summed E-state index contributed by atoms with van der Waals surface area (Å²) in [5.41, 5.74) is 6.77. The average molecular weight is 1270 g/mol. The van der Waals surface area contributed by atoms with E-state index in [1.807, 2.05) is 48.5 Å². The maximum atomic E-state index is 13.4. The molecule has 0 spiro atoms. The number of unbranched alkanes of at least 4 members (excludes halogenated alkanes) is 4. The average Bonchev–Trinajstić information content (AvgIpc) is 2.00. The van der Waals surface area contributed by atoms with Crippen LogP contribution in [0.1, 0.15) is 150 Å². The Kier molecular flexibility index (Phi) is 24.6. The second-order valence-corrected chi connectivity index (χ2v) is 28.9. The number of aliphatic hydroxyl groups is 2. The van der Waals surface area contributed by atoms with Gasteiger partial charge in [0.15, 0.2) is 5.71 Å². The first-order chi connectivity index (χ1) is 40.7. The number of allylic oxidation sites excluding steroid dienone is 7. The van der Waals surface area contributed by atoms with Gasteiger partial charge in [0.05, 0.1) is 21.3 Å². The summed E-state index contributed by atoms with van der Waals surface area (Å²) in [4.78, 5) is 41.2. The van der Waals surface area contributed by atoms with Gasteiger partial charge in [-0.05, 0) is 159 Å². The van der Waals surface area contributed by atoms with Crippen LogP contribution in [0.25, 0.3) is 0 Å². The van der Waals surface area contributed by atoms with E-state index >= 15 is 0 Å². The standard InChI is InChI=1S/C65H88N4O16S2.Na/c1-62(2,3)84-60(73)67-55-57(72)56(71)51(82-59(55)83-61(74)85-63(4,5)6)42-66-54(70)37-30-43-28-33-46(34-29-43)81-58-44(31-35-52-64(7,8)47-24-13-15-26-49(47)68(52)38-17-11-19-40-86(75,76)77)22-21-23-45(58)32-36-53-65(9,10)48-25-14-16-27-50(48)69(53)39-18-12-20-41-87(78,79)80;/h13-16,24-29,31-36,51,55-57,59,71-72H,11-12,17-23,30,37-42H2,1-10H3,(H3-,66,67,70,73,75,76,77,78,79,80);/q;+1/t51-,55-,56-,57-,59+;/m1./s1. The van der Waals surface area contributed by atoms with Crippen LogP contribution < -0.4 is 49.8 Å². The zero-order valence-corrected chi connectivity index (χ0v) is 56.4. The molecule has 3 aliphatic heterocycles. The van der Waals surface area contributed by atoms with Crippen molar-refractivity contribution in [3.63, 3.8) is 0 Å². The number of alkyl carbamates (subject to hydrolysis) is 1. The molecular formula is C65H88N4NaO16S2+. The van der Waals surface area contributed by atoms with Crippen LogP contribution in [0.4, 0.5) is 21.0 Å². The number of ether oxygens (including phenoxy) is 5. The summed E-state index contributed by atoms with van der Waals surface area (Å²) in [6, 6.07) is 22.6. The third kappa shape index (κ3) is 19.8. The van der Waals surface area contributed by atoms with Crippen LogP contribution in [-0.2, 0) is 61.2 Å². The molecular weight excluding hydrogens is 1180 g/mol. The fraction of sp³-hybridized carbons (Fsp3) is 0.538. The first kappa shape index (κ1) is 71.7. The van der Waals surface area contributed by atoms with Gasteiger partial charge in [0.2, 0.25) is 17.9 Å². The van der Waals surface area contributed by atoms with Gasteiger partial charge in [-0.15, -0.1) is 0 Å². The first-order valence-corrected chi connectivity index (χ1v) is 33.2. The monoisotopic (exact) mass is 1270 g/mol. The van der Waals surface area contributed by atoms with E-state index in [4.69, 9.17) is 23.7 Å². The number of benzene rings is 3. The molecule has 0 aromatic heterocycles. The summed E-state index contributed by atoms with van der Waals surface area (Å²) < 4.78 is 97.7. The summed E-state index contributed by atoms with van der Waals surface area (Å²) in [6.07, 6.45) is 6.11. The molecule has 7 rings (SSSR count). The van der Waals surface area contributed by atoms with E-state index in [2.05, 4.69) is 96.4 Å². The van der Waals surface area contributed by atoms with Crippen molar-refractivity contribution in [2.45, 2.75) is 193 Å². The molecule has 2 amide bonds. The van der Waals surface area contributed by atoms with Crippen molar-refractivity contribution in [2.75, 3.05) is 36.0 Å². The number of amides is 2. The zero-order valence-electron chi connectivity index (χ0n) is 52.8. The molecule has 1 aliphatic carbocycles. The predicted molar refractivity (Wildman–Crippen MR) is 330 cm³/mol. The third-order valence-corrected chi connectivity index (χ3v) is 17.4. The number of para-hydroxylation sites is 2. The number of hydrogen-bond acceptors (Lipinski definition) is 16. The molecule has 88 heavy (non-hydrogen) atoms. The van der Waals surface area contributed by atoms with Crippen molar-refractivity contribution < 1.29 is 108 Å². The van der Waals surface area contributed by atoms with Crippen LogP contribution in [0, 0.1) is 0 Å². The first-order valence-electron chi connectivity index (χ1n) is 30.0. The maximum absolute atomic E-state index is 13.4. The molecule has 23 heteroatoms. The molecule has 0 saturated carbocycles. The van der Waals surface area contributed by atoms with Crippen molar-refractivity contribution >= 4 is 55.5 Å². The molecule has 0 bridgehead atoms. The number of aryl methyl sites for hydroxylation is 1. The van der Waals surface area contributed by atoms with Crippen LogP contribution >= 0.6 is 0 Å². The van der Waals surface area contributed by atoms with E-state index in [9.17, 15) is 50.5 Å². The summed E-state index contributed by atoms with van der Waals surface area (Å²) in [5, 5.41) is 27.5. The zero-order chi connectivity index (χ0) is 63.7. The number of hydrogen-bond donors (Lipinski definition) is 5. The fourth-order valence-corrected chi connectivity index (χ4v) is 12.6. The van der Waals surface area contributed by atoms with Gasteiger partial charge in [-0.2, -0.15) is 13.0 Å². The molecule has 20 nitrogen and oxygen atoms in total. The normalized spacial score (nSPS) is 21.9. The molecule has 4 aliphatic rings. The summed E-state index contributed by atoms with van der Waals surface area (Å²) in [7, 11) is -8.37. The molecule has 476 valence electrons. The Bertz CT molecular complexity index is 3360. The Hall–Kier alpha value is -5.40. The number of carbonyl (C=O) groups is 3.